The third-order valence-electron chi connectivity index (χ3n) is 8.11. The van der Waals surface area contributed by atoms with E-state index in [1.54, 1.807) is 24.3 Å². The van der Waals surface area contributed by atoms with E-state index in [0.29, 0.717) is 19.3 Å². The predicted octanol–water partition coefficient (Wildman–Crippen LogP) is 10.0. The molecule has 13 heteroatoms. The average Bonchev–Trinajstić information content (AvgIpc) is 3.21. The Morgan fingerprint density at radius 1 is 0.610 bits per heavy atom. The summed E-state index contributed by atoms with van der Waals surface area (Å²) < 4.78 is 32.5. The first-order valence-electron chi connectivity index (χ1n) is 21.0. The Hall–Kier alpha value is -3.90. The van der Waals surface area contributed by atoms with Crippen molar-refractivity contribution >= 4 is 25.7 Å². The molecule has 0 rings (SSSR count). The van der Waals surface area contributed by atoms with Crippen molar-refractivity contribution in [1.29, 1.82) is 0 Å². The fourth-order valence-electron chi connectivity index (χ4n) is 4.83. The quantitative estimate of drug-likeness (QED) is 0.0152. The Bertz CT molecular complexity index is 1430. The van der Waals surface area contributed by atoms with Gasteiger partial charge in [0, 0.05) is 12.8 Å². The zero-order valence-corrected chi connectivity index (χ0v) is 36.3. The SMILES string of the molecule is CC/C=C\C/C=C\C/C=C\C/C=C\C=C/C(O)C/C=C\CCC(=O)O[C@H](COC(=O)CCCCCCC/C=C\C/C=C\C/C=C\CC)COP(=O)(O)OC[C@H](N)C(=O)O. The molecule has 0 bridgehead atoms. The molecule has 0 saturated carbocycles. The number of carboxylic acid groups (broad SMARTS) is 1. The molecule has 5 N–H and O–H groups in total. The number of aliphatic hydroxyl groups is 1. The number of phosphoric ester groups is 1. The number of aliphatic hydroxyl groups excluding tert-OH is 1. The number of ether oxygens (including phenoxy) is 2. The molecular weight excluding hydrogens is 773 g/mol. The first kappa shape index (κ1) is 55.1. The molecule has 0 spiro atoms. The Kier molecular flexibility index (Phi) is 36.9. The van der Waals surface area contributed by atoms with Crippen LogP contribution in [0.4, 0.5) is 0 Å². The minimum Gasteiger partial charge on any atom is -0.480 e. The zero-order chi connectivity index (χ0) is 43.7. The molecule has 332 valence electrons. The van der Waals surface area contributed by atoms with Gasteiger partial charge in [0.2, 0.25) is 0 Å². The van der Waals surface area contributed by atoms with Crippen LogP contribution in [0.25, 0.3) is 0 Å². The maximum atomic E-state index is 12.6. The maximum Gasteiger partial charge on any atom is 0.472 e. The average molecular weight is 846 g/mol. The van der Waals surface area contributed by atoms with Gasteiger partial charge in [0.25, 0.3) is 0 Å². The lowest BCUT2D eigenvalue weighted by molar-refractivity contribution is -0.161. The van der Waals surface area contributed by atoms with Crippen LogP contribution in [-0.4, -0.2) is 71.1 Å². The molecular formula is C46H72NO11P. The van der Waals surface area contributed by atoms with Gasteiger partial charge < -0.3 is 30.3 Å². The summed E-state index contributed by atoms with van der Waals surface area (Å²) in [6.45, 7) is 2.35. The van der Waals surface area contributed by atoms with E-state index in [2.05, 4.69) is 91.3 Å². The molecule has 0 saturated heterocycles. The molecule has 0 aliphatic rings. The number of hydrogen-bond acceptors (Lipinski definition) is 10. The molecule has 12 nitrogen and oxygen atoms in total. The van der Waals surface area contributed by atoms with Crippen LogP contribution in [-0.2, 0) is 37.5 Å². The van der Waals surface area contributed by atoms with Crippen molar-refractivity contribution in [3.05, 3.63) is 109 Å². The van der Waals surface area contributed by atoms with Gasteiger partial charge in [0.15, 0.2) is 6.10 Å². The first-order chi connectivity index (χ1) is 28.5. The van der Waals surface area contributed by atoms with Crippen LogP contribution in [0.5, 0.6) is 0 Å². The number of allylic oxidation sites excluding steroid dienone is 16. The smallest absolute Gasteiger partial charge is 0.472 e. The van der Waals surface area contributed by atoms with Crippen molar-refractivity contribution in [1.82, 2.24) is 0 Å². The van der Waals surface area contributed by atoms with Crippen LogP contribution in [0.3, 0.4) is 0 Å². The summed E-state index contributed by atoms with van der Waals surface area (Å²) in [6, 6.07) is -1.56. The molecule has 59 heavy (non-hydrogen) atoms. The number of hydrogen-bond donors (Lipinski definition) is 4. The van der Waals surface area contributed by atoms with E-state index in [0.717, 1.165) is 77.0 Å². The summed E-state index contributed by atoms with van der Waals surface area (Å²) in [4.78, 5) is 45.9. The molecule has 0 aromatic rings. The van der Waals surface area contributed by atoms with Crippen LogP contribution in [0.2, 0.25) is 0 Å². The van der Waals surface area contributed by atoms with E-state index in [1.807, 2.05) is 12.2 Å². The lowest BCUT2D eigenvalue weighted by Gasteiger charge is -2.20. The highest BCUT2D eigenvalue weighted by Crippen LogP contribution is 2.43. The van der Waals surface area contributed by atoms with Crippen LogP contribution in [0.1, 0.15) is 123 Å². The fraction of sp³-hybridized carbons (Fsp3) is 0.543. The van der Waals surface area contributed by atoms with E-state index in [1.165, 1.54) is 0 Å². The molecule has 0 amide bonds. The minimum absolute atomic E-state index is 0.0562. The Morgan fingerprint density at radius 3 is 1.75 bits per heavy atom. The van der Waals surface area contributed by atoms with Crippen molar-refractivity contribution < 1.29 is 52.6 Å². The van der Waals surface area contributed by atoms with E-state index >= 15 is 0 Å². The van der Waals surface area contributed by atoms with E-state index in [-0.39, 0.29) is 12.8 Å². The predicted molar refractivity (Wildman–Crippen MR) is 236 cm³/mol. The van der Waals surface area contributed by atoms with Gasteiger partial charge in [-0.05, 0) is 77.0 Å². The summed E-state index contributed by atoms with van der Waals surface area (Å²) >= 11 is 0. The minimum atomic E-state index is -4.78. The number of nitrogens with two attached hydrogens (primary N) is 1. The maximum absolute atomic E-state index is 12.6. The van der Waals surface area contributed by atoms with Crippen molar-refractivity contribution in [2.24, 2.45) is 5.73 Å². The van der Waals surface area contributed by atoms with Crippen molar-refractivity contribution in [2.45, 2.75) is 141 Å². The van der Waals surface area contributed by atoms with Gasteiger partial charge in [-0.1, -0.05) is 142 Å². The molecule has 0 aliphatic carbocycles. The number of esters is 2. The molecule has 0 aromatic carbocycles. The molecule has 0 fully saturated rings. The summed E-state index contributed by atoms with van der Waals surface area (Å²) in [5, 5.41) is 19.1. The van der Waals surface area contributed by atoms with Gasteiger partial charge in [-0.3, -0.25) is 23.4 Å². The van der Waals surface area contributed by atoms with Crippen LogP contribution in [0, 0.1) is 0 Å². The molecule has 2 unspecified atom stereocenters. The van der Waals surface area contributed by atoms with Gasteiger partial charge in [-0.15, -0.1) is 0 Å². The zero-order valence-electron chi connectivity index (χ0n) is 35.4. The van der Waals surface area contributed by atoms with Crippen LogP contribution in [0.15, 0.2) is 109 Å². The molecule has 0 aliphatic heterocycles. The highest BCUT2D eigenvalue weighted by molar-refractivity contribution is 7.47. The summed E-state index contributed by atoms with van der Waals surface area (Å²) in [5.41, 5.74) is 5.32. The van der Waals surface area contributed by atoms with Gasteiger partial charge in [-0.2, -0.15) is 0 Å². The number of unbranched alkanes of at least 4 members (excludes halogenated alkanes) is 5. The highest BCUT2D eigenvalue weighted by atomic mass is 31.2. The topological polar surface area (TPSA) is 192 Å². The summed E-state index contributed by atoms with van der Waals surface area (Å²) in [7, 11) is -4.78. The fourth-order valence-corrected chi connectivity index (χ4v) is 5.61. The number of carbonyl (C=O) groups excluding carboxylic acids is 2. The number of carbonyl (C=O) groups is 3. The largest absolute Gasteiger partial charge is 0.480 e. The Balaban J connectivity index is 4.66. The second kappa shape index (κ2) is 39.6. The molecule has 0 radical (unpaired) electrons. The van der Waals surface area contributed by atoms with Crippen LogP contribution < -0.4 is 5.73 Å². The van der Waals surface area contributed by atoms with E-state index < -0.39 is 63.8 Å². The van der Waals surface area contributed by atoms with Gasteiger partial charge >= 0.3 is 25.7 Å². The third kappa shape index (κ3) is 39.3. The van der Waals surface area contributed by atoms with Crippen molar-refractivity contribution in [3.63, 3.8) is 0 Å². The molecule has 4 atom stereocenters. The number of rotatable bonds is 37. The first-order valence-corrected chi connectivity index (χ1v) is 22.5. The van der Waals surface area contributed by atoms with Gasteiger partial charge in [0.1, 0.15) is 12.6 Å². The second-order valence-electron chi connectivity index (χ2n) is 13.6. The normalized spacial score (nSPS) is 15.3. The number of carboxylic acids is 1. The Morgan fingerprint density at radius 2 is 1.14 bits per heavy atom. The van der Waals surface area contributed by atoms with Crippen LogP contribution >= 0.6 is 7.82 Å². The van der Waals surface area contributed by atoms with Gasteiger partial charge in [-0.25, -0.2) is 4.57 Å². The van der Waals surface area contributed by atoms with Gasteiger partial charge in [0.05, 0.1) is 19.3 Å². The number of phosphoric acid groups is 1. The van der Waals surface area contributed by atoms with E-state index in [4.69, 9.17) is 24.8 Å². The summed E-state index contributed by atoms with van der Waals surface area (Å²) in [5.74, 6) is -2.62. The second-order valence-corrected chi connectivity index (χ2v) is 15.0. The lowest BCUT2D eigenvalue weighted by Crippen LogP contribution is -2.34. The third-order valence-corrected chi connectivity index (χ3v) is 9.06. The molecule has 0 aromatic heterocycles. The summed E-state index contributed by atoms with van der Waals surface area (Å²) in [6.07, 6.45) is 47.6. The van der Waals surface area contributed by atoms with Crippen molar-refractivity contribution in [2.75, 3.05) is 19.8 Å². The number of aliphatic carboxylic acids is 1. The Labute approximate surface area is 353 Å². The standard InChI is InChI=1S/C46H72NO11P/c1-3-5-7-9-11-13-15-17-18-20-22-24-26-28-32-36-44(49)55-38-42(39-56-59(53,54)57-40-43(47)46(51)52)58-45(50)37-33-29-31-35-41(48)34-30-27-25-23-21-19-16-14-12-10-8-6-4-2/h5-8,11-14,17-19,21,25,27,29-31,34,41-43,48H,3-4,9-10,15-16,20,22-24,26,28,32-33,35-40,47H2,1-2H3,(H,51,52)(H,53,54)/b7-5-,8-6-,13-11-,14-12-,18-17-,21-19-,27-25-,31-29-,34-30-/t41?,42-,43+/m1/s1. The lowest BCUT2D eigenvalue weighted by atomic mass is 10.1. The highest BCUT2D eigenvalue weighted by Gasteiger charge is 2.28. The van der Waals surface area contributed by atoms with E-state index in [9.17, 15) is 28.9 Å². The van der Waals surface area contributed by atoms with Crippen molar-refractivity contribution in [3.8, 4) is 0 Å². The monoisotopic (exact) mass is 845 g/mol. The molecule has 0 heterocycles.